The van der Waals surface area contributed by atoms with Crippen molar-refractivity contribution in [2.45, 2.75) is 31.9 Å². The van der Waals surface area contributed by atoms with E-state index in [9.17, 15) is 5.11 Å². The minimum absolute atomic E-state index is 0. The molecule has 0 saturated carbocycles. The summed E-state index contributed by atoms with van der Waals surface area (Å²) in [6.45, 7) is 2.76. The van der Waals surface area contributed by atoms with Crippen LogP contribution in [0.4, 0.5) is 0 Å². The largest absolute Gasteiger partial charge is 0.387 e. The zero-order chi connectivity index (χ0) is 14.2. The molecule has 0 saturated heterocycles. The second-order valence-electron chi connectivity index (χ2n) is 5.26. The third-order valence-corrected chi connectivity index (χ3v) is 3.55. The molecule has 2 aromatic rings. The van der Waals surface area contributed by atoms with Gasteiger partial charge in [0.25, 0.3) is 0 Å². The molecule has 0 aliphatic rings. The summed E-state index contributed by atoms with van der Waals surface area (Å²) >= 11 is 0. The molecule has 0 aliphatic heterocycles. The van der Waals surface area contributed by atoms with Gasteiger partial charge in [-0.3, -0.25) is 0 Å². The van der Waals surface area contributed by atoms with Gasteiger partial charge in [-0.25, -0.2) is 0 Å². The van der Waals surface area contributed by atoms with Crippen LogP contribution in [0.5, 0.6) is 0 Å². The topological polar surface area (TPSA) is 32.3 Å². The predicted molar refractivity (Wildman–Crippen MR) is 90.9 cm³/mol. The van der Waals surface area contributed by atoms with Gasteiger partial charge >= 0.3 is 0 Å². The lowest BCUT2D eigenvalue weighted by Crippen LogP contribution is -2.30. The average Bonchev–Trinajstić information content (AvgIpc) is 2.52. The molecule has 3 heteroatoms. The standard InChI is InChI=1S/C18H23NO.ClH/c1-15(12-13-16-8-4-2-5-9-16)19-14-18(20)17-10-6-3-7-11-17;/h2-11,15,18-20H,12-14H2,1H3;1H/t15-,18+;/m1./s1. The minimum atomic E-state index is -0.435. The first-order valence-corrected chi connectivity index (χ1v) is 7.26. The van der Waals surface area contributed by atoms with Crippen LogP contribution < -0.4 is 5.32 Å². The first-order chi connectivity index (χ1) is 9.75. The van der Waals surface area contributed by atoms with Gasteiger partial charge in [0.15, 0.2) is 0 Å². The maximum absolute atomic E-state index is 10.1. The number of rotatable bonds is 7. The van der Waals surface area contributed by atoms with E-state index in [0.717, 1.165) is 18.4 Å². The second-order valence-corrected chi connectivity index (χ2v) is 5.26. The average molecular weight is 306 g/mol. The molecule has 0 aromatic heterocycles. The van der Waals surface area contributed by atoms with E-state index in [2.05, 4.69) is 36.5 Å². The lowest BCUT2D eigenvalue weighted by molar-refractivity contribution is 0.170. The molecule has 0 heterocycles. The number of benzene rings is 2. The predicted octanol–water partition coefficient (Wildman–Crippen LogP) is 3.75. The van der Waals surface area contributed by atoms with Crippen LogP contribution in [0, 0.1) is 0 Å². The van der Waals surface area contributed by atoms with Crippen LogP contribution in [0.1, 0.15) is 30.6 Å². The van der Waals surface area contributed by atoms with Crippen LogP contribution in [0.2, 0.25) is 0 Å². The molecule has 0 bridgehead atoms. The molecule has 2 rings (SSSR count). The molecule has 0 radical (unpaired) electrons. The van der Waals surface area contributed by atoms with Crippen molar-refractivity contribution < 1.29 is 5.11 Å². The molecule has 21 heavy (non-hydrogen) atoms. The summed E-state index contributed by atoms with van der Waals surface area (Å²) in [6, 6.07) is 20.7. The van der Waals surface area contributed by atoms with E-state index in [1.165, 1.54) is 5.56 Å². The maximum Gasteiger partial charge on any atom is 0.0914 e. The fraction of sp³-hybridized carbons (Fsp3) is 0.333. The molecule has 0 fully saturated rings. The lowest BCUT2D eigenvalue weighted by atomic mass is 10.1. The van der Waals surface area contributed by atoms with Crippen LogP contribution >= 0.6 is 12.4 Å². The summed E-state index contributed by atoms with van der Waals surface area (Å²) in [4.78, 5) is 0. The molecule has 2 atom stereocenters. The van der Waals surface area contributed by atoms with Crippen molar-refractivity contribution in [3.8, 4) is 0 Å². The highest BCUT2D eigenvalue weighted by Gasteiger charge is 2.08. The van der Waals surface area contributed by atoms with E-state index in [4.69, 9.17) is 0 Å². The van der Waals surface area contributed by atoms with Crippen molar-refractivity contribution >= 4 is 12.4 Å². The van der Waals surface area contributed by atoms with Gasteiger partial charge < -0.3 is 10.4 Å². The Labute approximate surface area is 133 Å². The van der Waals surface area contributed by atoms with Crippen molar-refractivity contribution in [2.24, 2.45) is 0 Å². The Balaban J connectivity index is 0.00000220. The molecular weight excluding hydrogens is 282 g/mol. The van der Waals surface area contributed by atoms with Gasteiger partial charge in [-0.15, -0.1) is 12.4 Å². The van der Waals surface area contributed by atoms with E-state index in [0.29, 0.717) is 12.6 Å². The van der Waals surface area contributed by atoms with Gasteiger partial charge in [-0.2, -0.15) is 0 Å². The number of aliphatic hydroxyl groups excluding tert-OH is 1. The van der Waals surface area contributed by atoms with Crippen molar-refractivity contribution in [3.05, 3.63) is 71.8 Å². The van der Waals surface area contributed by atoms with E-state index in [-0.39, 0.29) is 12.4 Å². The Bertz CT molecular complexity index is 489. The monoisotopic (exact) mass is 305 g/mol. The zero-order valence-corrected chi connectivity index (χ0v) is 13.2. The number of hydrogen-bond acceptors (Lipinski definition) is 2. The van der Waals surface area contributed by atoms with Crippen LogP contribution in [0.25, 0.3) is 0 Å². The normalized spacial score (nSPS) is 13.2. The van der Waals surface area contributed by atoms with Crippen LogP contribution in [-0.2, 0) is 6.42 Å². The minimum Gasteiger partial charge on any atom is -0.387 e. The van der Waals surface area contributed by atoms with E-state index in [1.807, 2.05) is 36.4 Å². The highest BCUT2D eigenvalue weighted by Crippen LogP contribution is 2.11. The van der Waals surface area contributed by atoms with E-state index in [1.54, 1.807) is 0 Å². The lowest BCUT2D eigenvalue weighted by Gasteiger charge is -2.17. The molecule has 0 spiro atoms. The molecule has 0 amide bonds. The third kappa shape index (κ3) is 6.30. The first-order valence-electron chi connectivity index (χ1n) is 7.26. The fourth-order valence-corrected chi connectivity index (χ4v) is 2.24. The molecule has 0 unspecified atom stereocenters. The quantitative estimate of drug-likeness (QED) is 0.816. The molecule has 2 N–H and O–H groups in total. The Morgan fingerprint density at radius 2 is 1.52 bits per heavy atom. The highest BCUT2D eigenvalue weighted by molar-refractivity contribution is 5.85. The molecule has 0 aliphatic carbocycles. The smallest absolute Gasteiger partial charge is 0.0914 e. The Kier molecular flexibility index (Phi) is 8.06. The van der Waals surface area contributed by atoms with Gasteiger partial charge in [-0.05, 0) is 30.9 Å². The summed E-state index contributed by atoms with van der Waals surface area (Å²) in [5.41, 5.74) is 2.33. The Morgan fingerprint density at radius 3 is 2.14 bits per heavy atom. The Morgan fingerprint density at radius 1 is 0.952 bits per heavy atom. The van der Waals surface area contributed by atoms with Gasteiger partial charge in [0.1, 0.15) is 0 Å². The number of aryl methyl sites for hydroxylation is 1. The SMILES string of the molecule is C[C@H](CCc1ccccc1)NC[C@H](O)c1ccccc1.Cl. The number of halogens is 1. The van der Waals surface area contributed by atoms with Crippen molar-refractivity contribution in [3.63, 3.8) is 0 Å². The zero-order valence-electron chi connectivity index (χ0n) is 12.4. The number of hydrogen-bond donors (Lipinski definition) is 2. The third-order valence-electron chi connectivity index (χ3n) is 3.55. The number of aliphatic hydroxyl groups is 1. The second kappa shape index (κ2) is 9.56. The van der Waals surface area contributed by atoms with E-state index < -0.39 is 6.10 Å². The first kappa shape index (κ1) is 17.7. The summed E-state index contributed by atoms with van der Waals surface area (Å²) in [7, 11) is 0. The summed E-state index contributed by atoms with van der Waals surface area (Å²) in [5.74, 6) is 0. The van der Waals surface area contributed by atoms with Gasteiger partial charge in [0, 0.05) is 12.6 Å². The fourth-order valence-electron chi connectivity index (χ4n) is 2.24. The van der Waals surface area contributed by atoms with E-state index >= 15 is 0 Å². The highest BCUT2D eigenvalue weighted by atomic mass is 35.5. The van der Waals surface area contributed by atoms with Gasteiger partial charge in [-0.1, -0.05) is 60.7 Å². The van der Waals surface area contributed by atoms with Crippen molar-refractivity contribution in [1.82, 2.24) is 5.32 Å². The molecular formula is C18H24ClNO. The van der Waals surface area contributed by atoms with Crippen LogP contribution in [0.15, 0.2) is 60.7 Å². The number of nitrogens with one attached hydrogen (secondary N) is 1. The Hall–Kier alpha value is -1.35. The summed E-state index contributed by atoms with van der Waals surface area (Å²) < 4.78 is 0. The molecule has 2 aromatic carbocycles. The van der Waals surface area contributed by atoms with Crippen molar-refractivity contribution in [2.75, 3.05) is 6.54 Å². The van der Waals surface area contributed by atoms with Crippen LogP contribution in [-0.4, -0.2) is 17.7 Å². The molecule has 114 valence electrons. The van der Waals surface area contributed by atoms with Crippen LogP contribution in [0.3, 0.4) is 0 Å². The summed E-state index contributed by atoms with van der Waals surface area (Å²) in [5, 5.41) is 13.5. The van der Waals surface area contributed by atoms with Gasteiger partial charge in [0.05, 0.1) is 6.10 Å². The van der Waals surface area contributed by atoms with Crippen molar-refractivity contribution in [1.29, 1.82) is 0 Å². The molecule has 2 nitrogen and oxygen atoms in total. The van der Waals surface area contributed by atoms with Gasteiger partial charge in [0.2, 0.25) is 0 Å². The summed E-state index contributed by atoms with van der Waals surface area (Å²) in [6.07, 6.45) is 1.71. The maximum atomic E-state index is 10.1.